The minimum atomic E-state index is -0.0853. The van der Waals surface area contributed by atoms with Gasteiger partial charge in [0.05, 0.1) is 7.11 Å². The number of nitrogens with zero attached hydrogens (tertiary/aromatic N) is 1. The predicted octanol–water partition coefficient (Wildman–Crippen LogP) is 2.38. The monoisotopic (exact) mass is 328 g/mol. The topological polar surface area (TPSA) is 60.3 Å². The molecule has 1 atom stereocenters. The molecule has 1 aromatic heterocycles. The van der Waals surface area contributed by atoms with Gasteiger partial charge in [-0.2, -0.15) is 0 Å². The van der Waals surface area contributed by atoms with E-state index in [9.17, 15) is 9.59 Å². The molecule has 0 aliphatic carbocycles. The van der Waals surface area contributed by atoms with Crippen LogP contribution in [-0.4, -0.2) is 23.6 Å². The van der Waals surface area contributed by atoms with Gasteiger partial charge < -0.3 is 14.6 Å². The Bertz CT molecular complexity index is 707. The third kappa shape index (κ3) is 5.57. The number of rotatable bonds is 8. The fourth-order valence-electron chi connectivity index (χ4n) is 2.46. The van der Waals surface area contributed by atoms with Crippen molar-refractivity contribution in [3.8, 4) is 5.75 Å². The van der Waals surface area contributed by atoms with Crippen molar-refractivity contribution >= 4 is 5.91 Å². The Morgan fingerprint density at radius 1 is 1.21 bits per heavy atom. The maximum Gasteiger partial charge on any atom is 0.250 e. The summed E-state index contributed by atoms with van der Waals surface area (Å²) in [5, 5.41) is 2.98. The van der Waals surface area contributed by atoms with Gasteiger partial charge in [-0.15, -0.1) is 0 Å². The highest BCUT2D eigenvalue weighted by atomic mass is 16.5. The normalized spacial score (nSPS) is 11.8. The number of aromatic nitrogens is 1. The lowest BCUT2D eigenvalue weighted by atomic mass is 10.1. The largest absolute Gasteiger partial charge is 0.497 e. The number of amides is 1. The summed E-state index contributed by atoms with van der Waals surface area (Å²) in [7, 11) is 1.65. The third-order valence-corrected chi connectivity index (χ3v) is 3.91. The van der Waals surface area contributed by atoms with Crippen LogP contribution < -0.4 is 15.6 Å². The number of hydrogen-bond donors (Lipinski definition) is 1. The van der Waals surface area contributed by atoms with E-state index in [4.69, 9.17) is 4.74 Å². The predicted molar refractivity (Wildman–Crippen MR) is 94.2 cm³/mol. The smallest absolute Gasteiger partial charge is 0.250 e. The van der Waals surface area contributed by atoms with Crippen molar-refractivity contribution < 1.29 is 9.53 Å². The van der Waals surface area contributed by atoms with Gasteiger partial charge in [0.2, 0.25) is 5.91 Å². The summed E-state index contributed by atoms with van der Waals surface area (Å²) in [6.07, 6.45) is 3.76. The standard InChI is InChI=1S/C19H24N2O3/c1-15(6-7-16-8-10-17(24-2)11-9-16)20-18(22)12-14-21-13-4-3-5-19(21)23/h3-5,8-11,13,15H,6-7,12,14H2,1-2H3,(H,20,22). The molecular formula is C19H24N2O3. The zero-order valence-corrected chi connectivity index (χ0v) is 14.2. The first-order chi connectivity index (χ1) is 11.6. The average Bonchev–Trinajstić information content (AvgIpc) is 2.59. The summed E-state index contributed by atoms with van der Waals surface area (Å²) in [5.74, 6) is 0.809. The summed E-state index contributed by atoms with van der Waals surface area (Å²) in [5.41, 5.74) is 1.13. The molecule has 0 aliphatic heterocycles. The van der Waals surface area contributed by atoms with Crippen molar-refractivity contribution in [1.82, 2.24) is 9.88 Å². The maximum absolute atomic E-state index is 12.0. The molecule has 1 heterocycles. The second-order valence-corrected chi connectivity index (χ2v) is 5.84. The highest BCUT2D eigenvalue weighted by Gasteiger charge is 2.08. The number of benzene rings is 1. The number of carbonyl (C=O) groups is 1. The zero-order chi connectivity index (χ0) is 17.4. The zero-order valence-electron chi connectivity index (χ0n) is 14.2. The minimum absolute atomic E-state index is 0.0343. The molecule has 0 spiro atoms. The van der Waals surface area contributed by atoms with Crippen molar-refractivity contribution in [1.29, 1.82) is 0 Å². The van der Waals surface area contributed by atoms with E-state index >= 15 is 0 Å². The summed E-state index contributed by atoms with van der Waals surface area (Å²) in [6, 6.07) is 13.0. The number of carbonyl (C=O) groups excluding carboxylic acids is 1. The molecule has 0 saturated heterocycles. The van der Waals surface area contributed by atoms with Crippen LogP contribution >= 0.6 is 0 Å². The summed E-state index contributed by atoms with van der Waals surface area (Å²) >= 11 is 0. The average molecular weight is 328 g/mol. The van der Waals surface area contributed by atoms with Crippen molar-refractivity contribution in [2.45, 2.75) is 38.8 Å². The van der Waals surface area contributed by atoms with E-state index in [1.54, 1.807) is 30.0 Å². The van der Waals surface area contributed by atoms with Gasteiger partial charge >= 0.3 is 0 Å². The summed E-state index contributed by atoms with van der Waals surface area (Å²) < 4.78 is 6.68. The number of hydrogen-bond acceptors (Lipinski definition) is 3. The molecule has 0 bridgehead atoms. The van der Waals surface area contributed by atoms with E-state index in [0.717, 1.165) is 18.6 Å². The molecule has 2 aromatic rings. The Balaban J connectivity index is 1.73. The van der Waals surface area contributed by atoms with Crippen LogP contribution in [0.25, 0.3) is 0 Å². The van der Waals surface area contributed by atoms with Gasteiger partial charge in [0.25, 0.3) is 5.56 Å². The molecule has 128 valence electrons. The molecule has 1 aromatic carbocycles. The molecule has 0 fully saturated rings. The third-order valence-electron chi connectivity index (χ3n) is 3.91. The fraction of sp³-hybridized carbons (Fsp3) is 0.368. The van der Waals surface area contributed by atoms with Gasteiger partial charge in [-0.3, -0.25) is 9.59 Å². The minimum Gasteiger partial charge on any atom is -0.497 e. The van der Waals surface area contributed by atoms with Crippen molar-refractivity contribution in [2.24, 2.45) is 0 Å². The van der Waals surface area contributed by atoms with E-state index in [-0.39, 0.29) is 17.5 Å². The van der Waals surface area contributed by atoms with Gasteiger partial charge in [0.15, 0.2) is 0 Å². The van der Waals surface area contributed by atoms with Crippen LogP contribution in [0.5, 0.6) is 5.75 Å². The van der Waals surface area contributed by atoms with E-state index in [2.05, 4.69) is 5.32 Å². The number of pyridine rings is 1. The van der Waals surface area contributed by atoms with Gasteiger partial charge in [-0.05, 0) is 43.5 Å². The second-order valence-electron chi connectivity index (χ2n) is 5.84. The van der Waals surface area contributed by atoms with Crippen LogP contribution in [0, 0.1) is 0 Å². The molecule has 5 heteroatoms. The van der Waals surface area contributed by atoms with E-state index in [0.29, 0.717) is 13.0 Å². The van der Waals surface area contributed by atoms with Crippen LogP contribution in [0.3, 0.4) is 0 Å². The first-order valence-electron chi connectivity index (χ1n) is 8.16. The van der Waals surface area contributed by atoms with Crippen LogP contribution in [0.2, 0.25) is 0 Å². The quantitative estimate of drug-likeness (QED) is 0.809. The number of aryl methyl sites for hydroxylation is 2. The van der Waals surface area contributed by atoms with E-state index in [1.807, 2.05) is 31.2 Å². The van der Waals surface area contributed by atoms with Crippen LogP contribution in [0.15, 0.2) is 53.5 Å². The lowest BCUT2D eigenvalue weighted by Crippen LogP contribution is -2.34. The fourth-order valence-corrected chi connectivity index (χ4v) is 2.46. The van der Waals surface area contributed by atoms with E-state index < -0.39 is 0 Å². The first kappa shape index (κ1) is 17.8. The molecular weight excluding hydrogens is 304 g/mol. The van der Waals surface area contributed by atoms with Gasteiger partial charge in [-0.1, -0.05) is 18.2 Å². The Kier molecular flexibility index (Phi) is 6.61. The van der Waals surface area contributed by atoms with Crippen LogP contribution in [0.4, 0.5) is 0 Å². The Morgan fingerprint density at radius 2 is 1.96 bits per heavy atom. The summed E-state index contributed by atoms with van der Waals surface area (Å²) in [4.78, 5) is 23.6. The van der Waals surface area contributed by atoms with Crippen molar-refractivity contribution in [3.05, 3.63) is 64.6 Å². The molecule has 1 unspecified atom stereocenters. The van der Waals surface area contributed by atoms with Gasteiger partial charge in [0.1, 0.15) is 5.75 Å². The maximum atomic E-state index is 12.0. The highest BCUT2D eigenvalue weighted by molar-refractivity contribution is 5.76. The second kappa shape index (κ2) is 8.91. The molecule has 1 N–H and O–H groups in total. The lowest BCUT2D eigenvalue weighted by Gasteiger charge is -2.14. The Morgan fingerprint density at radius 3 is 2.62 bits per heavy atom. The number of methoxy groups -OCH3 is 1. The highest BCUT2D eigenvalue weighted by Crippen LogP contribution is 2.13. The Hall–Kier alpha value is -2.56. The molecule has 1 amide bonds. The van der Waals surface area contributed by atoms with Crippen molar-refractivity contribution in [3.63, 3.8) is 0 Å². The van der Waals surface area contributed by atoms with Gasteiger partial charge in [-0.25, -0.2) is 0 Å². The van der Waals surface area contributed by atoms with Gasteiger partial charge in [0, 0.05) is 31.3 Å². The molecule has 0 aliphatic rings. The van der Waals surface area contributed by atoms with Crippen molar-refractivity contribution in [2.75, 3.05) is 7.11 Å². The molecule has 5 nitrogen and oxygen atoms in total. The first-order valence-corrected chi connectivity index (χ1v) is 8.16. The van der Waals surface area contributed by atoms with E-state index in [1.165, 1.54) is 11.6 Å². The SMILES string of the molecule is COc1ccc(CCC(C)NC(=O)CCn2ccccc2=O)cc1. The number of nitrogens with one attached hydrogen (secondary N) is 1. The van der Waals surface area contributed by atoms with Crippen LogP contribution in [-0.2, 0) is 17.8 Å². The Labute approximate surface area is 142 Å². The molecule has 0 radical (unpaired) electrons. The van der Waals surface area contributed by atoms with Crippen LogP contribution in [0.1, 0.15) is 25.3 Å². The molecule has 24 heavy (non-hydrogen) atoms. The molecule has 2 rings (SSSR count). The number of ether oxygens (including phenoxy) is 1. The summed E-state index contributed by atoms with van der Waals surface area (Å²) in [6.45, 7) is 2.40. The molecule has 0 saturated carbocycles. The lowest BCUT2D eigenvalue weighted by molar-refractivity contribution is -0.121.